The lowest BCUT2D eigenvalue weighted by atomic mass is 10.3. The second-order valence-corrected chi connectivity index (χ2v) is 5.97. The van der Waals surface area contributed by atoms with Crippen LogP contribution < -0.4 is 5.32 Å². The summed E-state index contributed by atoms with van der Waals surface area (Å²) in [6.45, 7) is 0.742. The summed E-state index contributed by atoms with van der Waals surface area (Å²) < 4.78 is 2.09. The lowest BCUT2D eigenvalue weighted by Gasteiger charge is -1.98. The Hall–Kier alpha value is 0.630. The van der Waals surface area contributed by atoms with Crippen molar-refractivity contribution in [2.75, 3.05) is 11.0 Å². The van der Waals surface area contributed by atoms with Gasteiger partial charge in [-0.05, 0) is 28.7 Å². The molecule has 12 heavy (non-hydrogen) atoms. The van der Waals surface area contributed by atoms with Gasteiger partial charge in [0.1, 0.15) is 0 Å². The summed E-state index contributed by atoms with van der Waals surface area (Å²) in [5.41, 5.74) is 0.772. The van der Waals surface area contributed by atoms with Gasteiger partial charge in [0.05, 0.1) is 8.45 Å². The normalized spacial score (nSPS) is 9.83. The van der Waals surface area contributed by atoms with E-state index in [2.05, 4.69) is 50.5 Å². The van der Waals surface area contributed by atoms with Crippen LogP contribution in [0.4, 0.5) is 0 Å². The van der Waals surface area contributed by atoms with Crippen LogP contribution in [-0.2, 0) is 0 Å². The number of thiophene rings is 1. The number of alkyl halides is 1. The smallest absolute Gasteiger partial charge is 0.252 e. The average Bonchev–Trinajstić information content (AvgIpc) is 2.47. The zero-order valence-corrected chi connectivity index (χ0v) is 11.3. The lowest BCUT2D eigenvalue weighted by Crippen LogP contribution is -2.24. The largest absolute Gasteiger partial charge is 0.351 e. The van der Waals surface area contributed by atoms with Crippen molar-refractivity contribution in [3.05, 3.63) is 19.9 Å². The maximum absolute atomic E-state index is 11.3. The van der Waals surface area contributed by atoms with Gasteiger partial charge < -0.3 is 5.32 Å². The van der Waals surface area contributed by atoms with Gasteiger partial charge in [0.25, 0.3) is 5.91 Å². The Kier molecular flexibility index (Phi) is 4.80. The van der Waals surface area contributed by atoms with Crippen LogP contribution in [0.5, 0.6) is 0 Å². The zero-order chi connectivity index (χ0) is 8.97. The Morgan fingerprint density at radius 1 is 1.67 bits per heavy atom. The van der Waals surface area contributed by atoms with Gasteiger partial charge in [-0.3, -0.25) is 4.79 Å². The highest BCUT2D eigenvalue weighted by Gasteiger charge is 2.05. The minimum absolute atomic E-state index is 0.0332. The first kappa shape index (κ1) is 10.7. The summed E-state index contributed by atoms with van der Waals surface area (Å²) in [7, 11) is 0. The third-order valence-electron chi connectivity index (χ3n) is 1.21. The van der Waals surface area contributed by atoms with Gasteiger partial charge in [0.15, 0.2) is 0 Å². The molecule has 0 spiro atoms. The molecule has 0 aromatic carbocycles. The van der Waals surface area contributed by atoms with Crippen molar-refractivity contribution in [2.24, 2.45) is 0 Å². The summed E-state index contributed by atoms with van der Waals surface area (Å²) >= 11 is 6.03. The molecular formula is C7H7I2NOS. The number of hydrogen-bond acceptors (Lipinski definition) is 2. The van der Waals surface area contributed by atoms with Crippen LogP contribution in [0, 0.1) is 2.88 Å². The van der Waals surface area contributed by atoms with Crippen LogP contribution in [0.2, 0.25) is 0 Å². The molecule has 1 heterocycles. The molecular weight excluding hydrogens is 400 g/mol. The van der Waals surface area contributed by atoms with E-state index in [0.29, 0.717) is 0 Å². The average molecular weight is 407 g/mol. The first-order valence-corrected chi connectivity index (χ1v) is 6.80. The third kappa shape index (κ3) is 3.17. The van der Waals surface area contributed by atoms with Crippen molar-refractivity contribution in [2.45, 2.75) is 0 Å². The van der Waals surface area contributed by atoms with Crippen molar-refractivity contribution in [1.29, 1.82) is 0 Å². The summed E-state index contributed by atoms with van der Waals surface area (Å²) in [5, 5.41) is 4.70. The van der Waals surface area contributed by atoms with Gasteiger partial charge in [-0.15, -0.1) is 11.3 Å². The molecule has 0 atom stereocenters. The van der Waals surface area contributed by atoms with Gasteiger partial charge in [-0.1, -0.05) is 22.6 Å². The second kappa shape index (κ2) is 5.38. The van der Waals surface area contributed by atoms with Gasteiger partial charge in [-0.25, -0.2) is 0 Å². The predicted octanol–water partition coefficient (Wildman–Crippen LogP) is 2.52. The summed E-state index contributed by atoms with van der Waals surface area (Å²) in [6, 6.07) is 1.90. The summed E-state index contributed by atoms with van der Waals surface area (Å²) in [4.78, 5) is 11.3. The topological polar surface area (TPSA) is 29.1 Å². The highest BCUT2D eigenvalue weighted by Crippen LogP contribution is 2.16. The fraction of sp³-hybridized carbons (Fsp3) is 0.286. The van der Waals surface area contributed by atoms with E-state index in [1.54, 1.807) is 11.3 Å². The number of carbonyl (C=O) groups excluding carboxylic acids is 1. The molecule has 0 bridgehead atoms. The van der Waals surface area contributed by atoms with E-state index < -0.39 is 0 Å². The monoisotopic (exact) mass is 407 g/mol. The van der Waals surface area contributed by atoms with Crippen LogP contribution >= 0.6 is 56.5 Å². The minimum atomic E-state index is 0.0332. The summed E-state index contributed by atoms with van der Waals surface area (Å²) in [6.07, 6.45) is 0. The molecule has 1 N–H and O–H groups in total. The number of nitrogens with one attached hydrogen (secondary N) is 1. The van der Waals surface area contributed by atoms with Crippen molar-refractivity contribution in [3.8, 4) is 0 Å². The van der Waals surface area contributed by atoms with Crippen LogP contribution in [0.1, 0.15) is 10.4 Å². The maximum atomic E-state index is 11.3. The molecule has 0 aliphatic rings. The van der Waals surface area contributed by atoms with E-state index in [1.165, 1.54) is 0 Å². The molecule has 0 fully saturated rings. The highest BCUT2D eigenvalue weighted by molar-refractivity contribution is 14.1. The molecule has 1 amide bonds. The highest BCUT2D eigenvalue weighted by atomic mass is 127. The number of carbonyl (C=O) groups is 1. The van der Waals surface area contributed by atoms with Crippen LogP contribution in [0.15, 0.2) is 11.4 Å². The lowest BCUT2D eigenvalue weighted by molar-refractivity contribution is 0.0957. The fourth-order valence-corrected chi connectivity index (χ4v) is 2.29. The van der Waals surface area contributed by atoms with Crippen molar-refractivity contribution >= 4 is 62.4 Å². The molecule has 0 aliphatic carbocycles. The van der Waals surface area contributed by atoms with E-state index in [1.807, 2.05) is 11.4 Å². The van der Waals surface area contributed by atoms with Gasteiger partial charge in [0.2, 0.25) is 0 Å². The van der Waals surface area contributed by atoms with E-state index in [-0.39, 0.29) is 5.91 Å². The summed E-state index contributed by atoms with van der Waals surface area (Å²) in [5.74, 6) is 0.0332. The second-order valence-electron chi connectivity index (χ2n) is 2.08. The molecule has 5 heteroatoms. The quantitative estimate of drug-likeness (QED) is 0.606. The van der Waals surface area contributed by atoms with Gasteiger partial charge >= 0.3 is 0 Å². The Morgan fingerprint density at radius 3 is 2.92 bits per heavy atom. The standard InChI is InChI=1S/C7H7I2NOS/c8-1-2-10-7(11)5-3-6(9)12-4-5/h3-4H,1-2H2,(H,10,11). The van der Waals surface area contributed by atoms with Crippen molar-refractivity contribution in [3.63, 3.8) is 0 Å². The van der Waals surface area contributed by atoms with E-state index >= 15 is 0 Å². The molecule has 1 aromatic rings. The number of halogens is 2. The molecule has 0 unspecified atom stereocenters. The molecule has 0 radical (unpaired) electrons. The Bertz CT molecular complexity index is 274. The van der Waals surface area contributed by atoms with Crippen LogP contribution in [-0.4, -0.2) is 16.9 Å². The number of hydrogen-bond donors (Lipinski definition) is 1. The number of amides is 1. The minimum Gasteiger partial charge on any atom is -0.351 e. The van der Waals surface area contributed by atoms with Gasteiger partial charge in [-0.2, -0.15) is 0 Å². The third-order valence-corrected chi connectivity index (χ3v) is 3.54. The zero-order valence-electron chi connectivity index (χ0n) is 6.14. The van der Waals surface area contributed by atoms with Gasteiger partial charge in [0, 0.05) is 16.4 Å². The Morgan fingerprint density at radius 2 is 2.42 bits per heavy atom. The molecule has 66 valence electrons. The molecule has 0 aliphatic heterocycles. The first-order valence-electron chi connectivity index (χ1n) is 3.32. The maximum Gasteiger partial charge on any atom is 0.252 e. The predicted molar refractivity (Wildman–Crippen MR) is 68.3 cm³/mol. The van der Waals surface area contributed by atoms with E-state index in [0.717, 1.165) is 19.4 Å². The number of rotatable bonds is 3. The molecule has 0 saturated carbocycles. The van der Waals surface area contributed by atoms with E-state index in [4.69, 9.17) is 0 Å². The molecule has 0 saturated heterocycles. The van der Waals surface area contributed by atoms with Crippen molar-refractivity contribution in [1.82, 2.24) is 5.32 Å². The molecule has 1 aromatic heterocycles. The Labute approximate surface area is 102 Å². The molecule has 2 nitrogen and oxygen atoms in total. The van der Waals surface area contributed by atoms with Crippen molar-refractivity contribution < 1.29 is 4.79 Å². The SMILES string of the molecule is O=C(NCCI)c1csc(I)c1. The fourth-order valence-electron chi connectivity index (χ4n) is 0.692. The Balaban J connectivity index is 2.53. The molecule has 1 rings (SSSR count). The van der Waals surface area contributed by atoms with Crippen LogP contribution in [0.25, 0.3) is 0 Å². The first-order chi connectivity index (χ1) is 5.74. The van der Waals surface area contributed by atoms with E-state index in [9.17, 15) is 4.79 Å². The van der Waals surface area contributed by atoms with Crippen LogP contribution in [0.3, 0.4) is 0 Å².